The van der Waals surface area contributed by atoms with Gasteiger partial charge in [-0.2, -0.15) is 0 Å². The fourth-order valence-electron chi connectivity index (χ4n) is 1.90. The molecule has 3 N–H and O–H groups in total. The molecule has 0 aliphatic carbocycles. The molecule has 0 unspecified atom stereocenters. The van der Waals surface area contributed by atoms with Gasteiger partial charge in [-0.25, -0.2) is 4.79 Å². The predicted molar refractivity (Wildman–Crippen MR) is 84.3 cm³/mol. The van der Waals surface area contributed by atoms with E-state index in [9.17, 15) is 19.2 Å². The minimum atomic E-state index is -0.849. The molecule has 0 aliphatic rings. The maximum absolute atomic E-state index is 12.2. The van der Waals surface area contributed by atoms with Crippen molar-refractivity contribution < 1.29 is 23.9 Å². The summed E-state index contributed by atoms with van der Waals surface area (Å²) in [4.78, 5) is 46.6. The minimum Gasteiger partial charge on any atom is -0.467 e. The van der Waals surface area contributed by atoms with Crippen LogP contribution in [0.25, 0.3) is 0 Å². The van der Waals surface area contributed by atoms with Crippen LogP contribution in [-0.4, -0.2) is 48.9 Å². The fourth-order valence-corrected chi connectivity index (χ4v) is 1.90. The van der Waals surface area contributed by atoms with E-state index in [0.717, 1.165) is 0 Å². The van der Waals surface area contributed by atoms with Gasteiger partial charge < -0.3 is 20.7 Å². The first-order chi connectivity index (χ1) is 10.6. The topological polar surface area (TPSA) is 114 Å². The number of ether oxygens (including phenoxy) is 1. The lowest BCUT2D eigenvalue weighted by atomic mass is 10.0. The highest BCUT2D eigenvalue weighted by molar-refractivity contribution is 5.93. The molecule has 3 amide bonds. The first-order valence-electron chi connectivity index (χ1n) is 7.54. The summed E-state index contributed by atoms with van der Waals surface area (Å²) < 4.78 is 4.51. The summed E-state index contributed by atoms with van der Waals surface area (Å²) in [5.74, 6) is -1.65. The van der Waals surface area contributed by atoms with Crippen LogP contribution in [0.15, 0.2) is 0 Å². The summed E-state index contributed by atoms with van der Waals surface area (Å²) in [5, 5.41) is 7.54. The van der Waals surface area contributed by atoms with Crippen LogP contribution in [0.3, 0.4) is 0 Å². The molecule has 132 valence electrons. The summed E-state index contributed by atoms with van der Waals surface area (Å²) in [6.07, 6.45) is 0.457. The summed E-state index contributed by atoms with van der Waals surface area (Å²) in [5.41, 5.74) is 0. The van der Waals surface area contributed by atoms with Crippen LogP contribution >= 0.6 is 0 Å². The van der Waals surface area contributed by atoms with Gasteiger partial charge in [0.25, 0.3) is 0 Å². The molecule has 0 aromatic heterocycles. The second-order valence-electron chi connectivity index (χ2n) is 5.87. The highest BCUT2D eigenvalue weighted by Gasteiger charge is 2.25. The summed E-state index contributed by atoms with van der Waals surface area (Å²) in [6.45, 7) is 8.16. The molecule has 0 radical (unpaired) electrons. The van der Waals surface area contributed by atoms with Gasteiger partial charge in [-0.15, -0.1) is 0 Å². The number of nitrogens with one attached hydrogen (secondary N) is 3. The first kappa shape index (κ1) is 20.9. The molecule has 0 aliphatic heterocycles. The second kappa shape index (κ2) is 9.81. The molecule has 0 heterocycles. The van der Waals surface area contributed by atoms with Gasteiger partial charge in [-0.1, -0.05) is 13.8 Å². The van der Waals surface area contributed by atoms with Crippen molar-refractivity contribution in [2.24, 2.45) is 5.92 Å². The Hall–Kier alpha value is -2.12. The van der Waals surface area contributed by atoms with Crippen molar-refractivity contribution in [2.75, 3.05) is 7.11 Å². The van der Waals surface area contributed by atoms with Crippen molar-refractivity contribution >= 4 is 23.7 Å². The Morgan fingerprint density at radius 2 is 1.39 bits per heavy atom. The SMILES string of the molecule is COC(=O)[C@H](C)NC(=O)[C@H](C)NC(=O)[C@@H](CC(C)C)NC(C)=O. The Morgan fingerprint density at radius 3 is 1.83 bits per heavy atom. The van der Waals surface area contributed by atoms with Crippen molar-refractivity contribution in [1.82, 2.24) is 16.0 Å². The number of hydrogen-bond acceptors (Lipinski definition) is 5. The third-order valence-electron chi connectivity index (χ3n) is 3.07. The Morgan fingerprint density at radius 1 is 0.870 bits per heavy atom. The Labute approximate surface area is 136 Å². The second-order valence-corrected chi connectivity index (χ2v) is 5.87. The van der Waals surface area contributed by atoms with E-state index in [1.807, 2.05) is 13.8 Å². The lowest BCUT2D eigenvalue weighted by Gasteiger charge is -2.22. The average molecular weight is 329 g/mol. The highest BCUT2D eigenvalue weighted by atomic mass is 16.5. The van der Waals surface area contributed by atoms with E-state index in [-0.39, 0.29) is 11.8 Å². The zero-order chi connectivity index (χ0) is 18.2. The molecule has 0 aromatic rings. The Kier molecular flexibility index (Phi) is 8.90. The van der Waals surface area contributed by atoms with Gasteiger partial charge in [0, 0.05) is 6.92 Å². The molecule has 3 atom stereocenters. The summed E-state index contributed by atoms with van der Waals surface area (Å²) >= 11 is 0. The number of esters is 1. The molecule has 0 bridgehead atoms. The van der Waals surface area contributed by atoms with Crippen LogP contribution in [0.5, 0.6) is 0 Å². The van der Waals surface area contributed by atoms with Crippen molar-refractivity contribution in [3.63, 3.8) is 0 Å². The number of carbonyl (C=O) groups is 4. The molecule has 23 heavy (non-hydrogen) atoms. The third kappa shape index (κ3) is 8.18. The van der Waals surface area contributed by atoms with Crippen molar-refractivity contribution in [3.8, 4) is 0 Å². The number of methoxy groups -OCH3 is 1. The van der Waals surface area contributed by atoms with Crippen LogP contribution < -0.4 is 16.0 Å². The van der Waals surface area contributed by atoms with E-state index < -0.39 is 35.9 Å². The molecule has 0 saturated heterocycles. The van der Waals surface area contributed by atoms with Crippen LogP contribution in [0, 0.1) is 5.92 Å². The van der Waals surface area contributed by atoms with Gasteiger partial charge in [0.2, 0.25) is 17.7 Å². The lowest BCUT2D eigenvalue weighted by Crippen LogP contribution is -2.54. The molecular formula is C15H27N3O5. The van der Waals surface area contributed by atoms with Gasteiger partial charge in [-0.05, 0) is 26.2 Å². The number of rotatable bonds is 8. The molecule has 0 fully saturated rings. The van der Waals surface area contributed by atoms with Gasteiger partial charge in [0.05, 0.1) is 7.11 Å². The smallest absolute Gasteiger partial charge is 0.328 e. The van der Waals surface area contributed by atoms with Gasteiger partial charge in [0.15, 0.2) is 0 Å². The Balaban J connectivity index is 4.67. The molecule has 0 aromatic carbocycles. The van der Waals surface area contributed by atoms with E-state index in [1.165, 1.54) is 27.9 Å². The average Bonchev–Trinajstić information content (AvgIpc) is 2.44. The highest BCUT2D eigenvalue weighted by Crippen LogP contribution is 2.05. The molecule has 0 rings (SSSR count). The van der Waals surface area contributed by atoms with Crippen LogP contribution in [-0.2, 0) is 23.9 Å². The molecule has 0 saturated carbocycles. The summed E-state index contributed by atoms with van der Waals surface area (Å²) in [6, 6.07) is -2.37. The third-order valence-corrected chi connectivity index (χ3v) is 3.07. The van der Waals surface area contributed by atoms with E-state index in [4.69, 9.17) is 0 Å². The van der Waals surface area contributed by atoms with Crippen molar-refractivity contribution in [3.05, 3.63) is 0 Å². The van der Waals surface area contributed by atoms with E-state index in [1.54, 1.807) is 0 Å². The van der Waals surface area contributed by atoms with Crippen LogP contribution in [0.1, 0.15) is 41.0 Å². The zero-order valence-corrected chi connectivity index (χ0v) is 14.6. The molecule has 8 nitrogen and oxygen atoms in total. The lowest BCUT2D eigenvalue weighted by molar-refractivity contribution is -0.144. The van der Waals surface area contributed by atoms with Gasteiger partial charge >= 0.3 is 5.97 Å². The molecule has 8 heteroatoms. The predicted octanol–water partition coefficient (Wildman–Crippen LogP) is -0.280. The van der Waals surface area contributed by atoms with E-state index in [2.05, 4.69) is 20.7 Å². The van der Waals surface area contributed by atoms with Gasteiger partial charge in [-0.3, -0.25) is 14.4 Å². The fraction of sp³-hybridized carbons (Fsp3) is 0.733. The quantitative estimate of drug-likeness (QED) is 0.530. The van der Waals surface area contributed by atoms with E-state index in [0.29, 0.717) is 6.42 Å². The summed E-state index contributed by atoms with van der Waals surface area (Å²) in [7, 11) is 1.22. The first-order valence-corrected chi connectivity index (χ1v) is 7.54. The molecule has 0 spiro atoms. The number of amides is 3. The zero-order valence-electron chi connectivity index (χ0n) is 14.6. The standard InChI is InChI=1S/C15H27N3O5/c1-8(2)7-12(18-11(5)19)14(21)16-9(3)13(20)17-10(4)15(22)23-6/h8-10,12H,7H2,1-6H3,(H,16,21)(H,17,20)(H,18,19)/t9-,10-,12+/m0/s1. The van der Waals surface area contributed by atoms with Crippen LogP contribution in [0.4, 0.5) is 0 Å². The number of hydrogen-bond donors (Lipinski definition) is 3. The number of carbonyl (C=O) groups excluding carboxylic acids is 4. The molecular weight excluding hydrogens is 302 g/mol. The largest absolute Gasteiger partial charge is 0.467 e. The maximum atomic E-state index is 12.2. The maximum Gasteiger partial charge on any atom is 0.328 e. The minimum absolute atomic E-state index is 0.195. The van der Waals surface area contributed by atoms with Crippen molar-refractivity contribution in [2.45, 2.75) is 59.2 Å². The normalized spacial score (nSPS) is 14.4. The van der Waals surface area contributed by atoms with E-state index >= 15 is 0 Å². The monoisotopic (exact) mass is 329 g/mol. The van der Waals surface area contributed by atoms with Crippen LogP contribution in [0.2, 0.25) is 0 Å². The Bertz CT molecular complexity index is 450. The van der Waals surface area contributed by atoms with Crippen molar-refractivity contribution in [1.29, 1.82) is 0 Å². The van der Waals surface area contributed by atoms with Gasteiger partial charge in [0.1, 0.15) is 18.1 Å².